The molecule has 2 rings (SSSR count). The summed E-state index contributed by atoms with van der Waals surface area (Å²) in [7, 11) is 4.28. The van der Waals surface area contributed by atoms with Crippen LogP contribution >= 0.6 is 0 Å². The number of aliphatic imine (C=N–C) groups is 1. The summed E-state index contributed by atoms with van der Waals surface area (Å²) < 4.78 is 1.95. The van der Waals surface area contributed by atoms with E-state index in [2.05, 4.69) is 65.9 Å². The number of hydrogen-bond donors (Lipinski definition) is 2. The molecule has 1 heterocycles. The normalized spacial score (nSPS) is 11.8. The molecule has 1 aromatic carbocycles. The standard InChI is InChI=1S/C23H38N6/c1-4-24-23(25-15-10-6-5-7-11-17-28(2)3)26-19-21-13-8-9-14-22(21)20-29-18-12-16-27-29/h8-9,12-14,16,18H,4-7,10-11,15,17,19-20H2,1-3H3,(H2,24,25,26). The Hall–Kier alpha value is -2.34. The summed E-state index contributed by atoms with van der Waals surface area (Å²) in [6.07, 6.45) is 10.2. The third-order valence-electron chi connectivity index (χ3n) is 4.84. The number of aromatic nitrogens is 2. The van der Waals surface area contributed by atoms with Crippen LogP contribution in [0.2, 0.25) is 0 Å². The molecule has 0 spiro atoms. The van der Waals surface area contributed by atoms with Crippen LogP contribution < -0.4 is 10.6 Å². The summed E-state index contributed by atoms with van der Waals surface area (Å²) in [5.41, 5.74) is 2.50. The zero-order chi connectivity index (χ0) is 20.7. The number of unbranched alkanes of at least 4 members (excludes halogenated alkanes) is 4. The minimum absolute atomic E-state index is 0.664. The molecule has 29 heavy (non-hydrogen) atoms. The highest BCUT2D eigenvalue weighted by atomic mass is 15.3. The second-order valence-electron chi connectivity index (χ2n) is 7.67. The van der Waals surface area contributed by atoms with Crippen molar-refractivity contribution < 1.29 is 0 Å². The van der Waals surface area contributed by atoms with E-state index in [4.69, 9.17) is 4.99 Å². The lowest BCUT2D eigenvalue weighted by molar-refractivity contribution is 0.389. The monoisotopic (exact) mass is 398 g/mol. The summed E-state index contributed by atoms with van der Waals surface area (Å²) in [4.78, 5) is 7.06. The first-order valence-corrected chi connectivity index (χ1v) is 10.9. The molecule has 2 aromatic rings. The highest BCUT2D eigenvalue weighted by Crippen LogP contribution is 2.11. The maximum Gasteiger partial charge on any atom is 0.191 e. The molecule has 1 aromatic heterocycles. The number of rotatable bonds is 13. The highest BCUT2D eigenvalue weighted by Gasteiger charge is 2.04. The molecule has 0 unspecified atom stereocenters. The lowest BCUT2D eigenvalue weighted by atomic mass is 10.1. The molecular formula is C23H38N6. The van der Waals surface area contributed by atoms with Crippen molar-refractivity contribution in [3.8, 4) is 0 Å². The van der Waals surface area contributed by atoms with Crippen molar-refractivity contribution in [2.45, 2.75) is 52.1 Å². The summed E-state index contributed by atoms with van der Waals surface area (Å²) >= 11 is 0. The van der Waals surface area contributed by atoms with Gasteiger partial charge >= 0.3 is 0 Å². The van der Waals surface area contributed by atoms with E-state index in [-0.39, 0.29) is 0 Å². The van der Waals surface area contributed by atoms with E-state index >= 15 is 0 Å². The fraction of sp³-hybridized carbons (Fsp3) is 0.565. The molecule has 0 bridgehead atoms. The first kappa shape index (κ1) is 22.9. The van der Waals surface area contributed by atoms with Gasteiger partial charge in [-0.25, -0.2) is 4.99 Å². The van der Waals surface area contributed by atoms with E-state index in [1.54, 1.807) is 0 Å². The van der Waals surface area contributed by atoms with Gasteiger partial charge in [0.15, 0.2) is 5.96 Å². The molecule has 0 fully saturated rings. The Labute approximate surface area is 176 Å². The molecule has 0 saturated carbocycles. The maximum atomic E-state index is 4.80. The second-order valence-corrected chi connectivity index (χ2v) is 7.67. The zero-order valence-corrected chi connectivity index (χ0v) is 18.4. The summed E-state index contributed by atoms with van der Waals surface area (Å²) in [6, 6.07) is 10.4. The highest BCUT2D eigenvalue weighted by molar-refractivity contribution is 5.79. The van der Waals surface area contributed by atoms with Gasteiger partial charge in [-0.05, 0) is 57.6 Å². The van der Waals surface area contributed by atoms with Crippen LogP contribution in [0.3, 0.4) is 0 Å². The van der Waals surface area contributed by atoms with Crippen LogP contribution in [0.4, 0.5) is 0 Å². The molecule has 0 aliphatic heterocycles. The minimum Gasteiger partial charge on any atom is -0.357 e. The largest absolute Gasteiger partial charge is 0.357 e. The van der Waals surface area contributed by atoms with Gasteiger partial charge < -0.3 is 15.5 Å². The Morgan fingerprint density at radius 1 is 1.00 bits per heavy atom. The first-order chi connectivity index (χ1) is 14.2. The van der Waals surface area contributed by atoms with Crippen LogP contribution in [0.25, 0.3) is 0 Å². The van der Waals surface area contributed by atoms with E-state index < -0.39 is 0 Å². The quantitative estimate of drug-likeness (QED) is 0.308. The minimum atomic E-state index is 0.664. The van der Waals surface area contributed by atoms with Gasteiger partial charge in [0.05, 0.1) is 13.1 Å². The molecule has 0 radical (unpaired) electrons. The van der Waals surface area contributed by atoms with Crippen molar-refractivity contribution in [3.05, 3.63) is 53.9 Å². The molecule has 0 aliphatic carbocycles. The van der Waals surface area contributed by atoms with E-state index in [1.807, 2.05) is 23.1 Å². The van der Waals surface area contributed by atoms with Crippen molar-refractivity contribution >= 4 is 5.96 Å². The van der Waals surface area contributed by atoms with Crippen molar-refractivity contribution in [3.63, 3.8) is 0 Å². The van der Waals surface area contributed by atoms with Gasteiger partial charge in [0.1, 0.15) is 0 Å². The lowest BCUT2D eigenvalue weighted by Gasteiger charge is -2.13. The topological polar surface area (TPSA) is 57.5 Å². The summed E-state index contributed by atoms with van der Waals surface area (Å²) in [5.74, 6) is 0.897. The van der Waals surface area contributed by atoms with E-state index in [0.717, 1.165) is 25.6 Å². The predicted octanol–water partition coefficient (Wildman–Crippen LogP) is 3.50. The van der Waals surface area contributed by atoms with Gasteiger partial charge in [-0.1, -0.05) is 43.5 Å². The SMILES string of the molecule is CCNC(=NCc1ccccc1Cn1cccn1)NCCCCCCCN(C)C. The molecule has 6 heteroatoms. The van der Waals surface area contributed by atoms with E-state index in [0.29, 0.717) is 6.54 Å². The van der Waals surface area contributed by atoms with Crippen LogP contribution in [-0.2, 0) is 13.1 Å². The van der Waals surface area contributed by atoms with Crippen LogP contribution in [0.15, 0.2) is 47.7 Å². The average Bonchev–Trinajstić information content (AvgIpc) is 3.22. The molecule has 6 nitrogen and oxygen atoms in total. The van der Waals surface area contributed by atoms with Gasteiger partial charge in [-0.15, -0.1) is 0 Å². The van der Waals surface area contributed by atoms with Gasteiger partial charge in [-0.2, -0.15) is 5.10 Å². The number of guanidine groups is 1. The molecule has 0 aliphatic rings. The molecule has 0 saturated heterocycles. The average molecular weight is 399 g/mol. The fourth-order valence-corrected chi connectivity index (χ4v) is 3.23. The van der Waals surface area contributed by atoms with Crippen molar-refractivity contribution in [1.29, 1.82) is 0 Å². The second kappa shape index (κ2) is 13.8. The predicted molar refractivity (Wildman–Crippen MR) is 122 cm³/mol. The van der Waals surface area contributed by atoms with Gasteiger partial charge in [0.2, 0.25) is 0 Å². The summed E-state index contributed by atoms with van der Waals surface area (Å²) in [6.45, 7) is 6.57. The smallest absolute Gasteiger partial charge is 0.191 e. The van der Waals surface area contributed by atoms with E-state index in [1.165, 1.54) is 49.8 Å². The van der Waals surface area contributed by atoms with Crippen LogP contribution in [0.5, 0.6) is 0 Å². The number of hydrogen-bond acceptors (Lipinski definition) is 3. The van der Waals surface area contributed by atoms with Crippen molar-refractivity contribution in [2.75, 3.05) is 33.7 Å². The van der Waals surface area contributed by atoms with Gasteiger partial charge in [-0.3, -0.25) is 4.68 Å². The Morgan fingerprint density at radius 2 is 1.76 bits per heavy atom. The third kappa shape index (κ3) is 9.61. The Morgan fingerprint density at radius 3 is 2.48 bits per heavy atom. The maximum absolute atomic E-state index is 4.80. The lowest BCUT2D eigenvalue weighted by Crippen LogP contribution is -2.37. The number of benzene rings is 1. The van der Waals surface area contributed by atoms with Gasteiger partial charge in [0.25, 0.3) is 0 Å². The number of nitrogens with one attached hydrogen (secondary N) is 2. The van der Waals surface area contributed by atoms with Crippen molar-refractivity contribution in [1.82, 2.24) is 25.3 Å². The van der Waals surface area contributed by atoms with Gasteiger partial charge in [0, 0.05) is 25.5 Å². The van der Waals surface area contributed by atoms with Crippen LogP contribution in [0, 0.1) is 0 Å². The fourth-order valence-electron chi connectivity index (χ4n) is 3.23. The molecule has 2 N–H and O–H groups in total. The first-order valence-electron chi connectivity index (χ1n) is 10.9. The molecule has 0 atom stereocenters. The number of nitrogens with zero attached hydrogens (tertiary/aromatic N) is 4. The van der Waals surface area contributed by atoms with Crippen LogP contribution in [-0.4, -0.2) is 54.4 Å². The summed E-state index contributed by atoms with van der Waals surface area (Å²) in [5, 5.41) is 11.2. The van der Waals surface area contributed by atoms with Crippen LogP contribution in [0.1, 0.15) is 50.2 Å². The molecule has 160 valence electrons. The Balaban J connectivity index is 1.77. The van der Waals surface area contributed by atoms with E-state index in [9.17, 15) is 0 Å². The Kier molecular flexibility index (Phi) is 10.9. The zero-order valence-electron chi connectivity index (χ0n) is 18.4. The Bertz CT molecular complexity index is 693. The molecular weight excluding hydrogens is 360 g/mol. The van der Waals surface area contributed by atoms with Crippen molar-refractivity contribution in [2.24, 2.45) is 4.99 Å². The molecule has 0 amide bonds. The third-order valence-corrected chi connectivity index (χ3v) is 4.84.